The van der Waals surface area contributed by atoms with Gasteiger partial charge in [-0.3, -0.25) is 19.4 Å². The summed E-state index contributed by atoms with van der Waals surface area (Å²) in [7, 11) is 0. The Bertz CT molecular complexity index is 793. The van der Waals surface area contributed by atoms with Gasteiger partial charge in [-0.15, -0.1) is 0 Å². The van der Waals surface area contributed by atoms with Gasteiger partial charge in [0.15, 0.2) is 0 Å². The first kappa shape index (κ1) is 20.8. The second kappa shape index (κ2) is 8.76. The Morgan fingerprint density at radius 2 is 1.90 bits per heavy atom. The Hall–Kier alpha value is -2.41. The maximum absolute atomic E-state index is 13.1. The van der Waals surface area contributed by atoms with E-state index in [1.165, 1.54) is 18.4 Å². The van der Waals surface area contributed by atoms with Crippen molar-refractivity contribution in [3.63, 3.8) is 0 Å². The van der Waals surface area contributed by atoms with E-state index in [2.05, 4.69) is 27.7 Å². The summed E-state index contributed by atoms with van der Waals surface area (Å²) in [6.45, 7) is 4.29. The third kappa shape index (κ3) is 3.95. The molecule has 2 saturated heterocycles. The summed E-state index contributed by atoms with van der Waals surface area (Å²) in [5.41, 5.74) is 0.349. The van der Waals surface area contributed by atoms with Gasteiger partial charge in [0.25, 0.3) is 5.91 Å². The van der Waals surface area contributed by atoms with Gasteiger partial charge in [0, 0.05) is 6.54 Å². The molecule has 1 aromatic carbocycles. The Kier molecular flexibility index (Phi) is 6.09. The van der Waals surface area contributed by atoms with Crippen molar-refractivity contribution in [2.45, 2.75) is 57.0 Å². The third-order valence-electron chi connectivity index (χ3n) is 7.06. The van der Waals surface area contributed by atoms with Crippen molar-refractivity contribution in [1.82, 2.24) is 20.4 Å². The maximum Gasteiger partial charge on any atom is 0.325 e. The molecule has 0 radical (unpaired) electrons. The molecule has 1 aromatic rings. The highest BCUT2D eigenvalue weighted by atomic mass is 16.2. The van der Waals surface area contributed by atoms with Crippen molar-refractivity contribution in [2.24, 2.45) is 5.92 Å². The fraction of sp³-hybridized carbons (Fsp3) is 0.609. The van der Waals surface area contributed by atoms with Crippen LogP contribution in [0.1, 0.15) is 57.1 Å². The molecule has 2 N–H and O–H groups in total. The van der Waals surface area contributed by atoms with Gasteiger partial charge in [-0.1, -0.05) is 50.1 Å². The van der Waals surface area contributed by atoms with Gasteiger partial charge in [-0.25, -0.2) is 4.79 Å². The van der Waals surface area contributed by atoms with E-state index in [0.717, 1.165) is 37.3 Å². The molecule has 3 unspecified atom stereocenters. The molecule has 3 fully saturated rings. The van der Waals surface area contributed by atoms with Crippen molar-refractivity contribution in [3.8, 4) is 0 Å². The fourth-order valence-corrected chi connectivity index (χ4v) is 5.24. The maximum atomic E-state index is 13.1. The number of hydrogen-bond acceptors (Lipinski definition) is 4. The average molecular weight is 413 g/mol. The molecule has 4 amide bonds. The van der Waals surface area contributed by atoms with Crippen LogP contribution < -0.4 is 10.6 Å². The van der Waals surface area contributed by atoms with Crippen molar-refractivity contribution in [1.29, 1.82) is 0 Å². The summed E-state index contributed by atoms with van der Waals surface area (Å²) in [5.74, 6) is -0.443. The first-order chi connectivity index (χ1) is 14.5. The highest BCUT2D eigenvalue weighted by molar-refractivity contribution is 6.09. The molecule has 1 saturated carbocycles. The summed E-state index contributed by atoms with van der Waals surface area (Å²) in [6, 6.07) is 9.84. The zero-order valence-corrected chi connectivity index (χ0v) is 17.7. The zero-order valence-electron chi connectivity index (χ0n) is 17.7. The van der Waals surface area contributed by atoms with E-state index in [1.807, 2.05) is 25.1 Å². The van der Waals surface area contributed by atoms with Crippen molar-refractivity contribution in [2.75, 3.05) is 26.2 Å². The quantitative estimate of drug-likeness (QED) is 0.703. The highest BCUT2D eigenvalue weighted by Gasteiger charge is 2.55. The fourth-order valence-electron chi connectivity index (χ4n) is 5.24. The summed E-state index contributed by atoms with van der Waals surface area (Å²) in [5, 5.41) is 5.88. The van der Waals surface area contributed by atoms with E-state index in [9.17, 15) is 14.4 Å². The summed E-state index contributed by atoms with van der Waals surface area (Å²) < 4.78 is 0. The van der Waals surface area contributed by atoms with Gasteiger partial charge < -0.3 is 10.6 Å². The molecule has 4 rings (SSSR count). The van der Waals surface area contributed by atoms with Gasteiger partial charge in [0.2, 0.25) is 5.91 Å². The minimum absolute atomic E-state index is 0.0911. The number of hydrogen-bond donors (Lipinski definition) is 2. The smallest absolute Gasteiger partial charge is 0.325 e. The third-order valence-corrected chi connectivity index (χ3v) is 7.06. The number of benzene rings is 1. The lowest BCUT2D eigenvalue weighted by Gasteiger charge is -2.36. The molecule has 30 heavy (non-hydrogen) atoms. The van der Waals surface area contributed by atoms with Gasteiger partial charge in [-0.2, -0.15) is 0 Å². The van der Waals surface area contributed by atoms with E-state index in [-0.39, 0.29) is 30.3 Å². The molecule has 1 aliphatic carbocycles. The normalized spacial score (nSPS) is 28.0. The van der Waals surface area contributed by atoms with E-state index in [1.54, 1.807) is 0 Å². The second-order valence-electron chi connectivity index (χ2n) is 8.91. The topological polar surface area (TPSA) is 81.8 Å². The van der Waals surface area contributed by atoms with Crippen LogP contribution in [0.5, 0.6) is 0 Å². The number of nitrogens with zero attached hydrogens (tertiary/aromatic N) is 2. The average Bonchev–Trinajstić information content (AvgIpc) is 3.35. The van der Waals surface area contributed by atoms with Crippen LogP contribution in [0.2, 0.25) is 0 Å². The lowest BCUT2D eigenvalue weighted by Crippen LogP contribution is -2.54. The van der Waals surface area contributed by atoms with Crippen LogP contribution in [0.4, 0.5) is 4.79 Å². The van der Waals surface area contributed by atoms with Gasteiger partial charge >= 0.3 is 6.03 Å². The minimum atomic E-state index is -0.822. The molecule has 3 aliphatic rings. The lowest BCUT2D eigenvalue weighted by atomic mass is 9.73. The molecule has 7 heteroatoms. The number of nitrogens with one attached hydrogen (secondary N) is 2. The van der Waals surface area contributed by atoms with Gasteiger partial charge in [-0.05, 0) is 50.3 Å². The zero-order chi connectivity index (χ0) is 21.1. The number of carbonyl (C=O) groups excluding carboxylic acids is 3. The van der Waals surface area contributed by atoms with E-state index < -0.39 is 11.6 Å². The molecular formula is C23H32N4O3. The van der Waals surface area contributed by atoms with Crippen molar-refractivity contribution < 1.29 is 14.4 Å². The first-order valence-corrected chi connectivity index (χ1v) is 11.2. The number of imide groups is 1. The first-order valence-electron chi connectivity index (χ1n) is 11.2. The minimum Gasteiger partial charge on any atom is -0.353 e. The molecular weight excluding hydrogens is 380 g/mol. The number of urea groups is 1. The molecule has 0 aromatic heterocycles. The Morgan fingerprint density at radius 3 is 2.60 bits per heavy atom. The number of rotatable bonds is 6. The Balaban J connectivity index is 1.39. The highest BCUT2D eigenvalue weighted by Crippen LogP contribution is 2.38. The summed E-state index contributed by atoms with van der Waals surface area (Å²) >= 11 is 0. The van der Waals surface area contributed by atoms with E-state index in [0.29, 0.717) is 13.0 Å². The predicted molar refractivity (Wildman–Crippen MR) is 114 cm³/mol. The van der Waals surface area contributed by atoms with E-state index >= 15 is 0 Å². The Morgan fingerprint density at radius 1 is 1.17 bits per heavy atom. The van der Waals surface area contributed by atoms with Crippen molar-refractivity contribution in [3.05, 3.63) is 35.9 Å². The lowest BCUT2D eigenvalue weighted by molar-refractivity contribution is -0.137. The molecule has 0 bridgehead atoms. The second-order valence-corrected chi connectivity index (χ2v) is 8.91. The molecule has 2 heterocycles. The van der Waals surface area contributed by atoms with Crippen molar-refractivity contribution >= 4 is 17.8 Å². The standard InChI is InChI=1S/C23H32N4O3/c1-17-9-5-6-12-23(17)21(29)27(22(30)25-23)16-20(28)24-15-19(26-13-7-8-14-26)18-10-3-2-4-11-18/h2-4,10-11,17,19H,5-9,12-16H2,1H3,(H,24,28)(H,25,30). The molecule has 162 valence electrons. The molecule has 1 spiro atoms. The molecule has 3 atom stereocenters. The van der Waals surface area contributed by atoms with E-state index in [4.69, 9.17) is 0 Å². The number of amides is 4. The van der Waals surface area contributed by atoms with Crippen LogP contribution in [0.25, 0.3) is 0 Å². The Labute approximate surface area is 178 Å². The number of carbonyl (C=O) groups is 3. The van der Waals surface area contributed by atoms with Gasteiger partial charge in [0.1, 0.15) is 12.1 Å². The van der Waals surface area contributed by atoms with Crippen LogP contribution in [0, 0.1) is 5.92 Å². The molecule has 7 nitrogen and oxygen atoms in total. The van der Waals surface area contributed by atoms with Crippen LogP contribution in [0.3, 0.4) is 0 Å². The van der Waals surface area contributed by atoms with Crippen LogP contribution in [-0.2, 0) is 9.59 Å². The summed E-state index contributed by atoms with van der Waals surface area (Å²) in [6.07, 6.45) is 5.90. The van der Waals surface area contributed by atoms with Crippen LogP contribution in [0.15, 0.2) is 30.3 Å². The predicted octanol–water partition coefficient (Wildman–Crippen LogP) is 2.44. The summed E-state index contributed by atoms with van der Waals surface area (Å²) in [4.78, 5) is 41.8. The van der Waals surface area contributed by atoms with Crippen LogP contribution in [-0.4, -0.2) is 59.4 Å². The molecule has 2 aliphatic heterocycles. The SMILES string of the molecule is CC1CCCCC12NC(=O)N(CC(=O)NCC(c1ccccc1)N1CCCC1)C2=O. The van der Waals surface area contributed by atoms with Crippen LogP contribution >= 0.6 is 0 Å². The number of likely N-dealkylation sites (tertiary alicyclic amines) is 1. The van der Waals surface area contributed by atoms with Gasteiger partial charge in [0.05, 0.1) is 6.04 Å². The largest absolute Gasteiger partial charge is 0.353 e. The monoisotopic (exact) mass is 412 g/mol.